The first kappa shape index (κ1) is 14.4. The molecule has 0 bridgehead atoms. The Morgan fingerprint density at radius 2 is 1.86 bits per heavy atom. The Kier molecular flexibility index (Phi) is 4.42. The summed E-state index contributed by atoms with van der Waals surface area (Å²) in [7, 11) is 1.52. The first-order chi connectivity index (χ1) is 10.1. The fourth-order valence-electron chi connectivity index (χ4n) is 1.75. The Morgan fingerprint density at radius 3 is 2.43 bits per heavy atom. The van der Waals surface area contributed by atoms with E-state index in [2.05, 4.69) is 0 Å². The summed E-state index contributed by atoms with van der Waals surface area (Å²) < 4.78 is 10.7. The van der Waals surface area contributed by atoms with Crippen LogP contribution in [0.1, 0.15) is 21.5 Å². The molecule has 0 unspecified atom stereocenters. The van der Waals surface area contributed by atoms with Crippen molar-refractivity contribution in [2.75, 3.05) is 7.11 Å². The minimum atomic E-state index is -0.964. The van der Waals surface area contributed by atoms with E-state index in [1.807, 2.05) is 6.07 Å². The van der Waals surface area contributed by atoms with Gasteiger partial charge in [0, 0.05) is 6.07 Å². The van der Waals surface area contributed by atoms with E-state index in [0.29, 0.717) is 17.1 Å². The van der Waals surface area contributed by atoms with E-state index in [-0.39, 0.29) is 12.2 Å². The van der Waals surface area contributed by atoms with Gasteiger partial charge in [0.1, 0.15) is 18.1 Å². The van der Waals surface area contributed by atoms with Crippen molar-refractivity contribution < 1.29 is 19.4 Å². The fraction of sp³-hybridized carbons (Fsp3) is 0.125. The molecule has 0 atom stereocenters. The molecule has 0 aromatic heterocycles. The Balaban J connectivity index is 2.09. The molecule has 0 aliphatic rings. The standard InChI is InChI=1S/C16H13NO4/c1-20-14-6-12(9-17)7-15(8-14)21-10-11-2-4-13(5-3-11)16(18)19/h2-8H,10H2,1H3,(H,18,19). The molecule has 0 heterocycles. The van der Waals surface area contributed by atoms with Gasteiger partial charge in [-0.3, -0.25) is 0 Å². The van der Waals surface area contributed by atoms with Crippen LogP contribution < -0.4 is 9.47 Å². The number of aromatic carboxylic acids is 1. The molecule has 0 saturated heterocycles. The monoisotopic (exact) mass is 283 g/mol. The maximum absolute atomic E-state index is 10.8. The molecule has 2 aromatic rings. The van der Waals surface area contributed by atoms with Crippen molar-refractivity contribution in [2.24, 2.45) is 0 Å². The van der Waals surface area contributed by atoms with Crippen molar-refractivity contribution in [3.8, 4) is 17.6 Å². The van der Waals surface area contributed by atoms with Crippen LogP contribution >= 0.6 is 0 Å². The van der Waals surface area contributed by atoms with E-state index in [1.54, 1.807) is 30.3 Å². The minimum Gasteiger partial charge on any atom is -0.497 e. The molecule has 0 amide bonds. The van der Waals surface area contributed by atoms with E-state index in [0.717, 1.165) is 5.56 Å². The molecule has 0 radical (unpaired) electrons. The highest BCUT2D eigenvalue weighted by molar-refractivity contribution is 5.87. The van der Waals surface area contributed by atoms with Crippen molar-refractivity contribution in [3.63, 3.8) is 0 Å². The molecule has 0 aliphatic carbocycles. The third-order valence-corrected chi connectivity index (χ3v) is 2.85. The second-order valence-corrected chi connectivity index (χ2v) is 4.30. The van der Waals surface area contributed by atoms with Crippen LogP contribution in [0.25, 0.3) is 0 Å². The van der Waals surface area contributed by atoms with Gasteiger partial charge in [-0.1, -0.05) is 12.1 Å². The van der Waals surface area contributed by atoms with Crippen LogP contribution in [0, 0.1) is 11.3 Å². The topological polar surface area (TPSA) is 79.5 Å². The molecule has 106 valence electrons. The molecule has 0 fully saturated rings. The molecular weight excluding hydrogens is 270 g/mol. The molecule has 2 rings (SSSR count). The number of carboxylic acids is 1. The molecule has 5 heteroatoms. The lowest BCUT2D eigenvalue weighted by molar-refractivity contribution is 0.0697. The maximum Gasteiger partial charge on any atom is 0.335 e. The number of carbonyl (C=O) groups is 1. The molecular formula is C16H13NO4. The Hall–Kier alpha value is -3.00. The van der Waals surface area contributed by atoms with E-state index >= 15 is 0 Å². The number of hydrogen-bond acceptors (Lipinski definition) is 4. The van der Waals surface area contributed by atoms with Gasteiger partial charge in [-0.2, -0.15) is 5.26 Å². The lowest BCUT2D eigenvalue weighted by Gasteiger charge is -2.09. The molecule has 21 heavy (non-hydrogen) atoms. The molecule has 2 aromatic carbocycles. The molecule has 0 spiro atoms. The van der Waals surface area contributed by atoms with Crippen LogP contribution in [0.2, 0.25) is 0 Å². The number of ether oxygens (including phenoxy) is 2. The van der Waals surface area contributed by atoms with Crippen LogP contribution in [0.3, 0.4) is 0 Å². The van der Waals surface area contributed by atoms with Gasteiger partial charge in [0.15, 0.2) is 0 Å². The van der Waals surface area contributed by atoms with Crippen LogP contribution in [-0.4, -0.2) is 18.2 Å². The normalized spacial score (nSPS) is 9.71. The highest BCUT2D eigenvalue weighted by Gasteiger charge is 2.04. The summed E-state index contributed by atoms with van der Waals surface area (Å²) in [6.45, 7) is 0.276. The third kappa shape index (κ3) is 3.74. The first-order valence-corrected chi connectivity index (χ1v) is 6.16. The summed E-state index contributed by atoms with van der Waals surface area (Å²) in [5.74, 6) is 0.104. The van der Waals surface area contributed by atoms with Crippen LogP contribution in [-0.2, 0) is 6.61 Å². The van der Waals surface area contributed by atoms with Gasteiger partial charge >= 0.3 is 5.97 Å². The highest BCUT2D eigenvalue weighted by Crippen LogP contribution is 2.23. The third-order valence-electron chi connectivity index (χ3n) is 2.85. The van der Waals surface area contributed by atoms with Gasteiger partial charge in [0.25, 0.3) is 0 Å². The predicted octanol–water partition coefficient (Wildman–Crippen LogP) is 2.84. The average molecular weight is 283 g/mol. The lowest BCUT2D eigenvalue weighted by atomic mass is 10.1. The summed E-state index contributed by atoms with van der Waals surface area (Å²) >= 11 is 0. The van der Waals surface area contributed by atoms with Gasteiger partial charge in [0.05, 0.1) is 24.3 Å². The van der Waals surface area contributed by atoms with E-state index in [4.69, 9.17) is 19.8 Å². The van der Waals surface area contributed by atoms with Gasteiger partial charge in [0.2, 0.25) is 0 Å². The van der Waals surface area contributed by atoms with E-state index < -0.39 is 5.97 Å². The Morgan fingerprint density at radius 1 is 1.19 bits per heavy atom. The smallest absolute Gasteiger partial charge is 0.335 e. The Labute approximate surface area is 122 Å². The van der Waals surface area contributed by atoms with Gasteiger partial charge in [-0.05, 0) is 29.8 Å². The highest BCUT2D eigenvalue weighted by atomic mass is 16.5. The zero-order valence-corrected chi connectivity index (χ0v) is 11.4. The zero-order valence-electron chi connectivity index (χ0n) is 11.4. The number of rotatable bonds is 5. The average Bonchev–Trinajstić information content (AvgIpc) is 2.52. The van der Waals surface area contributed by atoms with Crippen molar-refractivity contribution in [1.82, 2.24) is 0 Å². The quantitative estimate of drug-likeness (QED) is 0.912. The molecule has 0 saturated carbocycles. The SMILES string of the molecule is COc1cc(C#N)cc(OCc2ccc(C(=O)O)cc2)c1. The summed E-state index contributed by atoms with van der Waals surface area (Å²) in [4.78, 5) is 10.8. The number of benzene rings is 2. The van der Waals surface area contributed by atoms with Gasteiger partial charge < -0.3 is 14.6 Å². The second kappa shape index (κ2) is 6.44. The number of carboxylic acid groups (broad SMARTS) is 1. The van der Waals surface area contributed by atoms with Gasteiger partial charge in [-0.15, -0.1) is 0 Å². The minimum absolute atomic E-state index is 0.229. The fourth-order valence-corrected chi connectivity index (χ4v) is 1.75. The summed E-state index contributed by atoms with van der Waals surface area (Å²) in [5.41, 5.74) is 1.51. The van der Waals surface area contributed by atoms with E-state index in [9.17, 15) is 4.79 Å². The van der Waals surface area contributed by atoms with Crippen molar-refractivity contribution >= 4 is 5.97 Å². The number of hydrogen-bond donors (Lipinski definition) is 1. The molecule has 5 nitrogen and oxygen atoms in total. The first-order valence-electron chi connectivity index (χ1n) is 6.16. The van der Waals surface area contributed by atoms with Crippen molar-refractivity contribution in [2.45, 2.75) is 6.61 Å². The van der Waals surface area contributed by atoms with Crippen LogP contribution in [0.4, 0.5) is 0 Å². The molecule has 0 aliphatic heterocycles. The summed E-state index contributed by atoms with van der Waals surface area (Å²) in [6, 6.07) is 13.4. The predicted molar refractivity (Wildman–Crippen MR) is 75.4 cm³/mol. The van der Waals surface area contributed by atoms with Crippen molar-refractivity contribution in [1.29, 1.82) is 5.26 Å². The second-order valence-electron chi connectivity index (χ2n) is 4.30. The molecule has 1 N–H and O–H groups in total. The van der Waals surface area contributed by atoms with Crippen LogP contribution in [0.15, 0.2) is 42.5 Å². The number of nitriles is 1. The van der Waals surface area contributed by atoms with Gasteiger partial charge in [-0.25, -0.2) is 4.79 Å². The maximum atomic E-state index is 10.8. The van der Waals surface area contributed by atoms with E-state index in [1.165, 1.54) is 19.2 Å². The number of nitrogens with zero attached hydrogens (tertiary/aromatic N) is 1. The Bertz CT molecular complexity index is 686. The summed E-state index contributed by atoms with van der Waals surface area (Å²) in [6.07, 6.45) is 0. The lowest BCUT2D eigenvalue weighted by Crippen LogP contribution is -1.99. The van der Waals surface area contributed by atoms with Crippen LogP contribution in [0.5, 0.6) is 11.5 Å². The zero-order chi connectivity index (χ0) is 15.2. The van der Waals surface area contributed by atoms with Crippen molar-refractivity contribution in [3.05, 3.63) is 59.2 Å². The number of methoxy groups -OCH3 is 1. The summed E-state index contributed by atoms with van der Waals surface area (Å²) in [5, 5.41) is 17.8. The largest absolute Gasteiger partial charge is 0.497 e.